The van der Waals surface area contributed by atoms with Crippen molar-refractivity contribution in [2.24, 2.45) is 0 Å². The maximum atomic E-state index is 13.7. The van der Waals surface area contributed by atoms with Gasteiger partial charge in [-0.1, -0.05) is 11.6 Å². The second-order valence-electron chi connectivity index (χ2n) is 9.16. The molecule has 2 aromatic carbocycles. The summed E-state index contributed by atoms with van der Waals surface area (Å²) in [6.45, 7) is 1.08. The number of carboxylic acid groups (broad SMARTS) is 1. The molecule has 1 N–H and O–H groups in total. The lowest BCUT2D eigenvalue weighted by Crippen LogP contribution is -2.27. The number of alkyl halides is 5. The van der Waals surface area contributed by atoms with Gasteiger partial charge in [0.05, 0.1) is 44.4 Å². The predicted molar refractivity (Wildman–Crippen MR) is 148 cm³/mol. The van der Waals surface area contributed by atoms with Crippen LogP contribution in [-0.2, 0) is 12.7 Å². The number of aromatic carboxylic acids is 1. The van der Waals surface area contributed by atoms with Crippen molar-refractivity contribution in [2.75, 3.05) is 6.61 Å². The summed E-state index contributed by atoms with van der Waals surface area (Å²) in [4.78, 5) is 32.9. The maximum Gasteiger partial charge on any atom is 0.416 e. The fourth-order valence-electron chi connectivity index (χ4n) is 4.55. The maximum absolute atomic E-state index is 13.7. The van der Waals surface area contributed by atoms with Crippen molar-refractivity contribution in [2.45, 2.75) is 26.1 Å². The van der Waals surface area contributed by atoms with Gasteiger partial charge in [-0.3, -0.25) is 9.36 Å². The van der Waals surface area contributed by atoms with E-state index in [0.29, 0.717) is 16.8 Å². The van der Waals surface area contributed by atoms with Crippen molar-refractivity contribution in [3.63, 3.8) is 0 Å². The number of carboxylic acids is 1. The molecule has 0 atom stereocenters. The van der Waals surface area contributed by atoms with Gasteiger partial charge in [-0.2, -0.15) is 18.4 Å². The topological polar surface area (TPSA) is 118 Å². The summed E-state index contributed by atoms with van der Waals surface area (Å²) in [5.74, 6) is -1.11. The summed E-state index contributed by atoms with van der Waals surface area (Å²) < 4.78 is 74.7. The van der Waals surface area contributed by atoms with E-state index in [1.165, 1.54) is 30.5 Å². The zero-order valence-electron chi connectivity index (χ0n) is 21.7. The van der Waals surface area contributed by atoms with Crippen LogP contribution in [0.15, 0.2) is 46.6 Å². The number of ether oxygens (including phenoxy) is 1. The van der Waals surface area contributed by atoms with Crippen LogP contribution in [0.5, 0.6) is 5.75 Å². The molecule has 0 bridgehead atoms. The number of pyridine rings is 1. The van der Waals surface area contributed by atoms with E-state index in [1.807, 2.05) is 0 Å². The smallest absolute Gasteiger partial charge is 0.416 e. The standard InChI is InChI=1S/C28H16ClF5N4O4S/c1-12-36-19-7-14(28(32,33)34)6-13(10-35)22(19)26(39)38(12)4-5-42-21-3-2-15(29)8-16(21)17-9-20(25(30)31)37-23-18(27(40)41)11-43-24(17)23/h2-3,6-9,11,25H,4-5H2,1H3,(H,40,41). The second kappa shape index (κ2) is 11.2. The number of thiophene rings is 1. The number of hydrogen-bond acceptors (Lipinski definition) is 7. The molecule has 0 unspecified atom stereocenters. The Labute approximate surface area is 247 Å². The molecule has 5 aromatic rings. The highest BCUT2D eigenvalue weighted by Crippen LogP contribution is 2.41. The first-order valence-electron chi connectivity index (χ1n) is 12.2. The lowest BCUT2D eigenvalue weighted by atomic mass is 10.0. The molecule has 43 heavy (non-hydrogen) atoms. The number of carbonyl (C=O) groups is 1. The minimum atomic E-state index is -4.75. The van der Waals surface area contributed by atoms with Gasteiger partial charge in [0.1, 0.15) is 29.9 Å². The zero-order valence-corrected chi connectivity index (χ0v) is 23.2. The molecule has 0 aliphatic heterocycles. The fourth-order valence-corrected chi connectivity index (χ4v) is 5.73. The molecule has 0 saturated carbocycles. The number of nitrogens with zero attached hydrogens (tertiary/aromatic N) is 4. The molecule has 3 heterocycles. The van der Waals surface area contributed by atoms with E-state index in [1.54, 1.807) is 6.07 Å². The number of halogens is 6. The lowest BCUT2D eigenvalue weighted by molar-refractivity contribution is -0.137. The SMILES string of the molecule is Cc1nc2cc(C(F)(F)F)cc(C#N)c2c(=O)n1CCOc1ccc(Cl)cc1-c1cc(C(F)F)nc2c(C(=O)O)csc12. The normalized spacial score (nSPS) is 11.8. The largest absolute Gasteiger partial charge is 0.491 e. The molecule has 5 rings (SSSR count). The number of nitriles is 1. The van der Waals surface area contributed by atoms with E-state index in [9.17, 15) is 41.9 Å². The van der Waals surface area contributed by atoms with Crippen molar-refractivity contribution in [1.82, 2.24) is 14.5 Å². The minimum Gasteiger partial charge on any atom is -0.491 e. The Bertz CT molecular complexity index is 2040. The van der Waals surface area contributed by atoms with E-state index >= 15 is 0 Å². The molecule has 0 radical (unpaired) electrons. The van der Waals surface area contributed by atoms with Gasteiger partial charge in [0, 0.05) is 21.5 Å². The molecule has 220 valence electrons. The van der Waals surface area contributed by atoms with Gasteiger partial charge in [-0.15, -0.1) is 11.3 Å². The van der Waals surface area contributed by atoms with Gasteiger partial charge in [-0.05, 0) is 43.3 Å². The number of benzene rings is 2. The summed E-state index contributed by atoms with van der Waals surface area (Å²) in [5, 5.41) is 20.2. The summed E-state index contributed by atoms with van der Waals surface area (Å²) in [6, 6.07) is 8.44. The van der Waals surface area contributed by atoms with E-state index in [0.717, 1.165) is 22.0 Å². The van der Waals surface area contributed by atoms with Crippen molar-refractivity contribution in [3.05, 3.63) is 85.4 Å². The highest BCUT2D eigenvalue weighted by atomic mass is 35.5. The first-order chi connectivity index (χ1) is 20.3. The van der Waals surface area contributed by atoms with Crippen LogP contribution in [0.1, 0.15) is 39.4 Å². The van der Waals surface area contributed by atoms with E-state index < -0.39 is 41.0 Å². The van der Waals surface area contributed by atoms with E-state index in [-0.39, 0.29) is 62.9 Å². The number of aromatic nitrogens is 3. The Kier molecular flexibility index (Phi) is 7.80. The third-order valence-corrected chi connectivity index (χ3v) is 7.74. The quantitative estimate of drug-likeness (QED) is 0.188. The highest BCUT2D eigenvalue weighted by molar-refractivity contribution is 7.18. The highest BCUT2D eigenvalue weighted by Gasteiger charge is 2.32. The van der Waals surface area contributed by atoms with Crippen LogP contribution in [0, 0.1) is 18.3 Å². The molecule has 0 amide bonds. The summed E-state index contributed by atoms with van der Waals surface area (Å²) >= 11 is 7.20. The molecular weight excluding hydrogens is 619 g/mol. The monoisotopic (exact) mass is 634 g/mol. The van der Waals surface area contributed by atoms with Crippen molar-refractivity contribution in [1.29, 1.82) is 5.26 Å². The molecule has 15 heteroatoms. The molecule has 0 aliphatic rings. The van der Waals surface area contributed by atoms with Crippen LogP contribution < -0.4 is 10.3 Å². The molecule has 3 aromatic heterocycles. The fraction of sp³-hybridized carbons (Fsp3) is 0.179. The summed E-state index contributed by atoms with van der Waals surface area (Å²) in [6.07, 6.45) is -7.75. The molecule has 8 nitrogen and oxygen atoms in total. The van der Waals surface area contributed by atoms with Crippen LogP contribution in [0.2, 0.25) is 5.02 Å². The summed E-state index contributed by atoms with van der Waals surface area (Å²) in [7, 11) is 0. The van der Waals surface area contributed by atoms with Crippen LogP contribution in [0.3, 0.4) is 0 Å². The molecule has 0 spiro atoms. The van der Waals surface area contributed by atoms with Crippen molar-refractivity contribution >= 4 is 50.0 Å². The molecule has 0 saturated heterocycles. The van der Waals surface area contributed by atoms with Crippen LogP contribution in [0.4, 0.5) is 22.0 Å². The first-order valence-corrected chi connectivity index (χ1v) is 13.4. The molecule has 0 aliphatic carbocycles. The van der Waals surface area contributed by atoms with Gasteiger partial charge in [0.2, 0.25) is 0 Å². The van der Waals surface area contributed by atoms with E-state index in [4.69, 9.17) is 16.3 Å². The summed E-state index contributed by atoms with van der Waals surface area (Å²) in [5.41, 5.74) is -3.17. The van der Waals surface area contributed by atoms with Gasteiger partial charge < -0.3 is 9.84 Å². The number of hydrogen-bond donors (Lipinski definition) is 1. The minimum absolute atomic E-state index is 0.0675. The van der Waals surface area contributed by atoms with Gasteiger partial charge in [-0.25, -0.2) is 23.5 Å². The Hall–Kier alpha value is -4.61. The van der Waals surface area contributed by atoms with Crippen molar-refractivity contribution in [3.8, 4) is 22.9 Å². The molecular formula is C28H16ClF5N4O4S. The second-order valence-corrected chi connectivity index (χ2v) is 10.5. The first kappa shape index (κ1) is 29.9. The third-order valence-electron chi connectivity index (χ3n) is 6.50. The number of aryl methyl sites for hydroxylation is 1. The van der Waals surface area contributed by atoms with Gasteiger partial charge in [0.15, 0.2) is 0 Å². The van der Waals surface area contributed by atoms with Crippen LogP contribution >= 0.6 is 22.9 Å². The Morgan fingerprint density at radius 3 is 2.58 bits per heavy atom. The van der Waals surface area contributed by atoms with E-state index in [2.05, 4.69) is 9.97 Å². The Morgan fingerprint density at radius 1 is 1.19 bits per heavy atom. The van der Waals surface area contributed by atoms with Gasteiger partial charge >= 0.3 is 12.1 Å². The average Bonchev–Trinajstić information content (AvgIpc) is 3.38. The van der Waals surface area contributed by atoms with Crippen molar-refractivity contribution < 1.29 is 36.6 Å². The predicted octanol–water partition coefficient (Wildman–Crippen LogP) is 7.24. The van der Waals surface area contributed by atoms with Crippen LogP contribution in [0.25, 0.3) is 32.2 Å². The lowest BCUT2D eigenvalue weighted by Gasteiger charge is -2.16. The number of rotatable bonds is 7. The Morgan fingerprint density at radius 2 is 1.93 bits per heavy atom. The number of fused-ring (bicyclic) bond motifs is 2. The van der Waals surface area contributed by atoms with Gasteiger partial charge in [0.25, 0.3) is 12.0 Å². The molecule has 0 fully saturated rings. The average molecular weight is 635 g/mol. The zero-order chi connectivity index (χ0) is 31.2. The van der Waals surface area contributed by atoms with Crippen LogP contribution in [-0.4, -0.2) is 32.2 Å². The Balaban J connectivity index is 1.53. The third kappa shape index (κ3) is 5.61.